The molecule has 3 aromatic rings. The van der Waals surface area contributed by atoms with Crippen LogP contribution < -0.4 is 9.64 Å². The van der Waals surface area contributed by atoms with Crippen molar-refractivity contribution < 1.29 is 4.74 Å². The van der Waals surface area contributed by atoms with E-state index in [1.807, 2.05) is 0 Å². The summed E-state index contributed by atoms with van der Waals surface area (Å²) < 4.78 is 6.27. The Bertz CT molecular complexity index is 1020. The lowest BCUT2D eigenvalue weighted by Crippen LogP contribution is -2.18. The Morgan fingerprint density at radius 2 is 1.52 bits per heavy atom. The summed E-state index contributed by atoms with van der Waals surface area (Å²) in [6.45, 7) is 15.5. The van der Waals surface area contributed by atoms with Crippen LogP contribution in [-0.4, -0.2) is 0 Å². The van der Waals surface area contributed by atoms with E-state index in [-0.39, 0.29) is 5.41 Å². The van der Waals surface area contributed by atoms with Crippen molar-refractivity contribution in [3.8, 4) is 10.8 Å². The van der Waals surface area contributed by atoms with Crippen LogP contribution in [0, 0.1) is 27.7 Å². The molecule has 27 heavy (non-hydrogen) atoms. The van der Waals surface area contributed by atoms with Gasteiger partial charge in [-0.2, -0.15) is 0 Å². The molecule has 3 heteroatoms. The topological polar surface area (TPSA) is 12.5 Å². The van der Waals surface area contributed by atoms with Gasteiger partial charge in [0.25, 0.3) is 0 Å². The second-order valence-electron chi connectivity index (χ2n) is 8.65. The van der Waals surface area contributed by atoms with Crippen LogP contribution in [-0.2, 0) is 5.41 Å². The second kappa shape index (κ2) is 6.13. The third kappa shape index (κ3) is 3.04. The van der Waals surface area contributed by atoms with Crippen LogP contribution in [0.4, 0.5) is 17.1 Å². The van der Waals surface area contributed by atoms with E-state index in [9.17, 15) is 0 Å². The summed E-state index contributed by atoms with van der Waals surface area (Å²) in [6.07, 6.45) is 0. The molecule has 0 unspecified atom stereocenters. The molecule has 0 N–H and O–H groups in total. The van der Waals surface area contributed by atoms with E-state index in [1.54, 1.807) is 11.3 Å². The van der Waals surface area contributed by atoms with Gasteiger partial charge in [-0.15, -0.1) is 11.3 Å². The molecule has 0 amide bonds. The Kier molecular flexibility index (Phi) is 4.12. The monoisotopic (exact) mass is 377 g/mol. The van der Waals surface area contributed by atoms with Crippen LogP contribution in [0.15, 0.2) is 36.4 Å². The van der Waals surface area contributed by atoms with Crippen LogP contribution >= 0.6 is 11.3 Å². The van der Waals surface area contributed by atoms with E-state index in [2.05, 4.69) is 89.8 Å². The van der Waals surface area contributed by atoms with Gasteiger partial charge in [-0.05, 0) is 73.6 Å². The highest BCUT2D eigenvalue weighted by Crippen LogP contribution is 2.55. The largest absolute Gasteiger partial charge is 0.442 e. The number of anilines is 3. The Morgan fingerprint density at radius 1 is 0.852 bits per heavy atom. The summed E-state index contributed by atoms with van der Waals surface area (Å²) in [5.41, 5.74) is 8.83. The van der Waals surface area contributed by atoms with Gasteiger partial charge in [-0.1, -0.05) is 39.0 Å². The fourth-order valence-electron chi connectivity index (χ4n) is 3.81. The number of aryl methyl sites for hydroxylation is 4. The first-order valence-electron chi connectivity index (χ1n) is 9.46. The molecule has 0 saturated heterocycles. The number of ether oxygens (including phenoxy) is 1. The Morgan fingerprint density at radius 3 is 2.15 bits per heavy atom. The minimum Gasteiger partial charge on any atom is -0.442 e. The average Bonchev–Trinajstić information content (AvgIpc) is 2.92. The van der Waals surface area contributed by atoms with E-state index in [0.29, 0.717) is 0 Å². The highest BCUT2D eigenvalue weighted by molar-refractivity contribution is 7.14. The maximum Gasteiger partial charge on any atom is 0.205 e. The molecule has 0 spiro atoms. The van der Waals surface area contributed by atoms with E-state index in [4.69, 9.17) is 4.74 Å². The van der Waals surface area contributed by atoms with Gasteiger partial charge in [0.15, 0.2) is 5.75 Å². The maximum atomic E-state index is 6.27. The number of hydrogen-bond acceptors (Lipinski definition) is 3. The molecule has 140 valence electrons. The van der Waals surface area contributed by atoms with Crippen molar-refractivity contribution in [2.75, 3.05) is 4.90 Å². The van der Waals surface area contributed by atoms with Crippen LogP contribution in [0.1, 0.15) is 47.9 Å². The molecule has 0 saturated carbocycles. The quantitative estimate of drug-likeness (QED) is 0.335. The third-order valence-corrected chi connectivity index (χ3v) is 6.10. The Hall–Kier alpha value is -2.26. The van der Waals surface area contributed by atoms with Gasteiger partial charge in [0.05, 0.1) is 11.4 Å². The molecule has 1 aromatic heterocycles. The van der Waals surface area contributed by atoms with Crippen molar-refractivity contribution in [2.24, 2.45) is 0 Å². The predicted octanol–water partition coefficient (Wildman–Crippen LogP) is 7.85. The Balaban J connectivity index is 1.97. The number of rotatable bonds is 1. The standard InChI is InChI=1S/C24H27NOS/c1-14-8-9-19-21(10-14)26-23-20(13-17(4)27-23)25(19)22-15(2)11-18(12-16(22)3)24(5,6)7/h8-13H,1-7H3. The smallest absolute Gasteiger partial charge is 0.205 e. The number of benzene rings is 2. The number of fused-ring (bicyclic) bond motifs is 2. The zero-order valence-electron chi connectivity index (χ0n) is 17.2. The molecule has 0 fully saturated rings. The minimum atomic E-state index is 0.137. The highest BCUT2D eigenvalue weighted by Gasteiger charge is 2.30. The van der Waals surface area contributed by atoms with Crippen molar-refractivity contribution in [3.05, 3.63) is 63.5 Å². The van der Waals surface area contributed by atoms with Crippen LogP contribution in [0.3, 0.4) is 0 Å². The normalized spacial score (nSPS) is 13.2. The van der Waals surface area contributed by atoms with Gasteiger partial charge in [0, 0.05) is 4.88 Å². The first-order valence-corrected chi connectivity index (χ1v) is 10.3. The fourth-order valence-corrected chi connectivity index (χ4v) is 4.66. The lowest BCUT2D eigenvalue weighted by molar-refractivity contribution is 0.490. The number of thiophene rings is 1. The van der Waals surface area contributed by atoms with E-state index in [1.165, 1.54) is 32.8 Å². The molecule has 2 heterocycles. The molecule has 0 bridgehead atoms. The minimum absolute atomic E-state index is 0.137. The fraction of sp³-hybridized carbons (Fsp3) is 0.333. The zero-order chi connectivity index (χ0) is 19.5. The van der Waals surface area contributed by atoms with Gasteiger partial charge >= 0.3 is 0 Å². The summed E-state index contributed by atoms with van der Waals surface area (Å²) in [5, 5.41) is 0.976. The molecular formula is C24H27NOS. The molecule has 1 aliphatic rings. The van der Waals surface area contributed by atoms with Gasteiger partial charge in [0.1, 0.15) is 5.69 Å². The van der Waals surface area contributed by atoms with Gasteiger partial charge < -0.3 is 9.64 Å². The van der Waals surface area contributed by atoms with Crippen LogP contribution in [0.25, 0.3) is 0 Å². The van der Waals surface area contributed by atoms with Gasteiger partial charge in [0.2, 0.25) is 5.06 Å². The first-order chi connectivity index (χ1) is 12.6. The van der Waals surface area contributed by atoms with Gasteiger partial charge in [-0.25, -0.2) is 0 Å². The zero-order valence-corrected chi connectivity index (χ0v) is 18.0. The summed E-state index contributed by atoms with van der Waals surface area (Å²) >= 11 is 1.71. The Labute approximate surface area is 166 Å². The molecule has 4 rings (SSSR count). The third-order valence-electron chi connectivity index (χ3n) is 5.18. The molecule has 0 atom stereocenters. The first kappa shape index (κ1) is 18.1. The number of hydrogen-bond donors (Lipinski definition) is 0. The molecule has 0 aliphatic carbocycles. The van der Waals surface area contributed by atoms with Crippen LogP contribution in [0.2, 0.25) is 0 Å². The van der Waals surface area contributed by atoms with Crippen molar-refractivity contribution >= 4 is 28.4 Å². The number of nitrogens with zero attached hydrogens (tertiary/aromatic N) is 1. The molecule has 0 radical (unpaired) electrons. The summed E-state index contributed by atoms with van der Waals surface area (Å²) in [7, 11) is 0. The van der Waals surface area contributed by atoms with E-state index >= 15 is 0 Å². The highest BCUT2D eigenvalue weighted by atomic mass is 32.1. The van der Waals surface area contributed by atoms with Crippen molar-refractivity contribution in [2.45, 2.75) is 53.9 Å². The summed E-state index contributed by atoms with van der Waals surface area (Å²) in [5.74, 6) is 0.933. The SMILES string of the molecule is Cc1ccc2c(c1)Oc1sc(C)cc1N2c1c(C)cc(C(C)(C)C)cc1C. The molecular weight excluding hydrogens is 350 g/mol. The molecule has 2 aromatic carbocycles. The predicted molar refractivity (Wildman–Crippen MR) is 117 cm³/mol. The second-order valence-corrected chi connectivity index (χ2v) is 9.87. The van der Waals surface area contributed by atoms with Gasteiger partial charge in [-0.3, -0.25) is 0 Å². The van der Waals surface area contributed by atoms with Crippen molar-refractivity contribution in [3.63, 3.8) is 0 Å². The summed E-state index contributed by atoms with van der Waals surface area (Å²) in [4.78, 5) is 3.64. The van der Waals surface area contributed by atoms with E-state index in [0.717, 1.165) is 22.2 Å². The lowest BCUT2D eigenvalue weighted by Gasteiger charge is -2.34. The van der Waals surface area contributed by atoms with E-state index < -0.39 is 0 Å². The van der Waals surface area contributed by atoms with Crippen molar-refractivity contribution in [1.82, 2.24) is 0 Å². The van der Waals surface area contributed by atoms with Crippen molar-refractivity contribution in [1.29, 1.82) is 0 Å². The molecule has 1 aliphatic heterocycles. The lowest BCUT2D eigenvalue weighted by atomic mass is 9.84. The molecule has 2 nitrogen and oxygen atoms in total. The summed E-state index contributed by atoms with van der Waals surface area (Å²) in [6, 6.07) is 13.4. The maximum absolute atomic E-state index is 6.27. The van der Waals surface area contributed by atoms with Crippen LogP contribution in [0.5, 0.6) is 10.8 Å². The average molecular weight is 378 g/mol.